The summed E-state index contributed by atoms with van der Waals surface area (Å²) in [7, 11) is 0. The van der Waals surface area contributed by atoms with Gasteiger partial charge in [-0.2, -0.15) is 0 Å². The molecule has 0 aliphatic carbocycles. The van der Waals surface area contributed by atoms with Crippen molar-refractivity contribution >= 4 is 0 Å². The maximum atomic E-state index is 6.28. The minimum absolute atomic E-state index is 0.118. The van der Waals surface area contributed by atoms with Gasteiger partial charge in [-0.1, -0.05) is 62.4 Å². The van der Waals surface area contributed by atoms with Crippen molar-refractivity contribution in [3.05, 3.63) is 65.7 Å². The third-order valence-corrected chi connectivity index (χ3v) is 3.64. The fourth-order valence-electron chi connectivity index (χ4n) is 2.19. The van der Waals surface area contributed by atoms with E-state index in [1.165, 1.54) is 11.1 Å². The second kappa shape index (κ2) is 6.42. The third-order valence-electron chi connectivity index (χ3n) is 3.64. The Morgan fingerprint density at radius 1 is 0.947 bits per heavy atom. The Labute approximate surface area is 116 Å². The Kier molecular flexibility index (Phi) is 4.62. The van der Waals surface area contributed by atoms with E-state index in [4.69, 9.17) is 4.74 Å². The molecule has 100 valence electrons. The van der Waals surface area contributed by atoms with Crippen LogP contribution in [0.3, 0.4) is 0 Å². The summed E-state index contributed by atoms with van der Waals surface area (Å²) in [6.07, 6.45) is 1.22. The lowest BCUT2D eigenvalue weighted by Crippen LogP contribution is -2.16. The van der Waals surface area contributed by atoms with Crippen molar-refractivity contribution in [3.63, 3.8) is 0 Å². The van der Waals surface area contributed by atoms with Gasteiger partial charge in [0.05, 0.1) is 0 Å². The predicted octanol–water partition coefficient (Wildman–Crippen LogP) is 5.16. The molecule has 0 fully saturated rings. The van der Waals surface area contributed by atoms with E-state index >= 15 is 0 Å². The molecule has 19 heavy (non-hydrogen) atoms. The molecular weight excluding hydrogens is 232 g/mol. The first kappa shape index (κ1) is 13.7. The zero-order chi connectivity index (χ0) is 13.7. The van der Waals surface area contributed by atoms with Gasteiger partial charge in [0.15, 0.2) is 0 Å². The van der Waals surface area contributed by atoms with Crippen LogP contribution in [0.25, 0.3) is 0 Å². The SMILES string of the molecule is CCC(C)C(Oc1ccccc1C)c1ccccc1. The molecule has 2 atom stereocenters. The Balaban J connectivity index is 2.27. The molecule has 0 amide bonds. The second-order valence-corrected chi connectivity index (χ2v) is 5.10. The maximum Gasteiger partial charge on any atom is 0.126 e. The molecule has 2 aromatic rings. The summed E-state index contributed by atoms with van der Waals surface area (Å²) in [5, 5.41) is 0. The molecule has 0 aromatic heterocycles. The van der Waals surface area contributed by atoms with Crippen molar-refractivity contribution in [2.24, 2.45) is 5.92 Å². The first-order valence-electron chi connectivity index (χ1n) is 6.99. The summed E-state index contributed by atoms with van der Waals surface area (Å²) >= 11 is 0. The first-order valence-corrected chi connectivity index (χ1v) is 6.99. The normalized spacial score (nSPS) is 13.8. The maximum absolute atomic E-state index is 6.28. The largest absolute Gasteiger partial charge is 0.485 e. The van der Waals surface area contributed by atoms with Crippen LogP contribution in [0.5, 0.6) is 5.75 Å². The van der Waals surface area contributed by atoms with Crippen LogP contribution in [0.2, 0.25) is 0 Å². The number of rotatable bonds is 5. The van der Waals surface area contributed by atoms with E-state index in [9.17, 15) is 0 Å². The topological polar surface area (TPSA) is 9.23 Å². The van der Waals surface area contributed by atoms with Crippen LogP contribution in [0, 0.1) is 12.8 Å². The average Bonchev–Trinajstić information content (AvgIpc) is 2.46. The molecule has 0 saturated carbocycles. The number of aryl methyl sites for hydroxylation is 1. The number of hydrogen-bond donors (Lipinski definition) is 0. The van der Waals surface area contributed by atoms with Crippen LogP contribution >= 0.6 is 0 Å². The molecule has 1 heteroatoms. The summed E-state index contributed by atoms with van der Waals surface area (Å²) in [6.45, 7) is 6.55. The van der Waals surface area contributed by atoms with Crippen LogP contribution in [0.1, 0.15) is 37.5 Å². The second-order valence-electron chi connectivity index (χ2n) is 5.10. The van der Waals surface area contributed by atoms with E-state index in [0.717, 1.165) is 12.2 Å². The highest BCUT2D eigenvalue weighted by molar-refractivity contribution is 5.33. The summed E-state index contributed by atoms with van der Waals surface area (Å²) in [6, 6.07) is 18.7. The van der Waals surface area contributed by atoms with Gasteiger partial charge in [0.2, 0.25) is 0 Å². The minimum atomic E-state index is 0.118. The van der Waals surface area contributed by atoms with E-state index < -0.39 is 0 Å². The van der Waals surface area contributed by atoms with Crippen LogP contribution in [-0.2, 0) is 0 Å². The third kappa shape index (κ3) is 3.37. The average molecular weight is 254 g/mol. The molecule has 0 spiro atoms. The van der Waals surface area contributed by atoms with Crippen molar-refractivity contribution in [1.82, 2.24) is 0 Å². The zero-order valence-corrected chi connectivity index (χ0v) is 12.0. The van der Waals surface area contributed by atoms with Gasteiger partial charge in [-0.25, -0.2) is 0 Å². The van der Waals surface area contributed by atoms with Gasteiger partial charge in [-0.05, 0) is 36.5 Å². The Morgan fingerprint density at radius 2 is 1.58 bits per heavy atom. The van der Waals surface area contributed by atoms with Gasteiger partial charge in [0, 0.05) is 0 Å². The number of hydrogen-bond acceptors (Lipinski definition) is 1. The smallest absolute Gasteiger partial charge is 0.126 e. The molecule has 0 radical (unpaired) electrons. The van der Waals surface area contributed by atoms with Gasteiger partial charge in [-0.15, -0.1) is 0 Å². The van der Waals surface area contributed by atoms with Crippen LogP contribution in [0.15, 0.2) is 54.6 Å². The highest BCUT2D eigenvalue weighted by Crippen LogP contribution is 2.31. The van der Waals surface area contributed by atoms with Crippen LogP contribution in [-0.4, -0.2) is 0 Å². The molecule has 1 nitrogen and oxygen atoms in total. The Morgan fingerprint density at radius 3 is 2.21 bits per heavy atom. The first-order chi connectivity index (χ1) is 9.22. The molecule has 0 saturated heterocycles. The van der Waals surface area contributed by atoms with E-state index in [1.807, 2.05) is 24.3 Å². The Hall–Kier alpha value is -1.76. The minimum Gasteiger partial charge on any atom is -0.485 e. The summed E-state index contributed by atoms with van der Waals surface area (Å²) in [5.41, 5.74) is 2.44. The summed E-state index contributed by atoms with van der Waals surface area (Å²) < 4.78 is 6.28. The van der Waals surface area contributed by atoms with Crippen molar-refractivity contribution in [3.8, 4) is 5.75 Å². The van der Waals surface area contributed by atoms with E-state index in [2.05, 4.69) is 51.1 Å². The highest BCUT2D eigenvalue weighted by Gasteiger charge is 2.20. The molecule has 0 aliphatic heterocycles. The standard InChI is InChI=1S/C18H22O/c1-4-14(2)18(16-11-6-5-7-12-16)19-17-13-9-8-10-15(17)3/h5-14,18H,4H2,1-3H3. The molecule has 0 N–H and O–H groups in total. The lowest BCUT2D eigenvalue weighted by atomic mass is 9.95. The van der Waals surface area contributed by atoms with Crippen LogP contribution in [0.4, 0.5) is 0 Å². The van der Waals surface area contributed by atoms with E-state index in [0.29, 0.717) is 5.92 Å². The molecule has 2 aromatic carbocycles. The molecule has 2 rings (SSSR count). The molecule has 0 aliphatic rings. The highest BCUT2D eigenvalue weighted by atomic mass is 16.5. The van der Waals surface area contributed by atoms with Gasteiger partial charge in [0.25, 0.3) is 0 Å². The molecular formula is C18H22O. The van der Waals surface area contributed by atoms with E-state index in [1.54, 1.807) is 0 Å². The number of ether oxygens (including phenoxy) is 1. The van der Waals surface area contributed by atoms with Crippen molar-refractivity contribution in [2.45, 2.75) is 33.3 Å². The quantitative estimate of drug-likeness (QED) is 0.716. The van der Waals surface area contributed by atoms with Crippen LogP contribution < -0.4 is 4.74 Å². The van der Waals surface area contributed by atoms with Gasteiger partial charge < -0.3 is 4.74 Å². The summed E-state index contributed by atoms with van der Waals surface area (Å²) in [5.74, 6) is 1.47. The number of benzene rings is 2. The van der Waals surface area contributed by atoms with Crippen molar-refractivity contribution in [1.29, 1.82) is 0 Å². The van der Waals surface area contributed by atoms with E-state index in [-0.39, 0.29) is 6.10 Å². The fourth-order valence-corrected chi connectivity index (χ4v) is 2.19. The van der Waals surface area contributed by atoms with Gasteiger partial charge in [0.1, 0.15) is 11.9 Å². The number of para-hydroxylation sites is 1. The molecule has 2 unspecified atom stereocenters. The van der Waals surface area contributed by atoms with Gasteiger partial charge in [-0.3, -0.25) is 0 Å². The van der Waals surface area contributed by atoms with Gasteiger partial charge >= 0.3 is 0 Å². The fraction of sp³-hybridized carbons (Fsp3) is 0.333. The Bertz CT molecular complexity index is 504. The summed E-state index contributed by atoms with van der Waals surface area (Å²) in [4.78, 5) is 0. The lowest BCUT2D eigenvalue weighted by Gasteiger charge is -2.25. The van der Waals surface area contributed by atoms with Crippen molar-refractivity contribution in [2.75, 3.05) is 0 Å². The molecule has 0 heterocycles. The molecule has 0 bridgehead atoms. The van der Waals surface area contributed by atoms with Crippen molar-refractivity contribution < 1.29 is 4.74 Å². The lowest BCUT2D eigenvalue weighted by molar-refractivity contribution is 0.140. The predicted molar refractivity (Wildman–Crippen MR) is 80.4 cm³/mol. The zero-order valence-electron chi connectivity index (χ0n) is 12.0. The monoisotopic (exact) mass is 254 g/mol.